The lowest BCUT2D eigenvalue weighted by Gasteiger charge is -2.14. The molecule has 1 fully saturated rings. The van der Waals surface area contributed by atoms with Gasteiger partial charge in [0, 0.05) is 31.0 Å². The normalized spacial score (nSPS) is 16.9. The highest BCUT2D eigenvalue weighted by Gasteiger charge is 2.30. The van der Waals surface area contributed by atoms with Gasteiger partial charge < -0.3 is 25.4 Å². The molecule has 0 bridgehead atoms. The van der Waals surface area contributed by atoms with Crippen LogP contribution in [0.3, 0.4) is 0 Å². The van der Waals surface area contributed by atoms with Gasteiger partial charge >= 0.3 is 6.18 Å². The quantitative estimate of drug-likeness (QED) is 0.318. The second-order valence-electron chi connectivity index (χ2n) is 9.07. The minimum absolute atomic E-state index is 0.00932. The molecule has 1 aromatic heterocycles. The summed E-state index contributed by atoms with van der Waals surface area (Å²) in [5, 5.41) is 9.54. The molecule has 1 unspecified atom stereocenters. The van der Waals surface area contributed by atoms with Gasteiger partial charge in [-0.05, 0) is 61.7 Å². The molecule has 5 rings (SSSR count). The number of hydrogen-bond donors (Lipinski definition) is 3. The molecule has 2 aliphatic heterocycles. The zero-order chi connectivity index (χ0) is 27.4. The number of anilines is 3. The number of carbonyl (C=O) groups excluding carboxylic acids is 1. The van der Waals surface area contributed by atoms with Crippen LogP contribution in [0.15, 0.2) is 54.4 Å². The molecule has 1 atom stereocenters. The molecule has 3 heterocycles. The second kappa shape index (κ2) is 11.5. The van der Waals surface area contributed by atoms with E-state index in [1.807, 2.05) is 0 Å². The maximum atomic E-state index is 13.0. The van der Waals surface area contributed by atoms with Crippen LogP contribution in [0, 0.1) is 0 Å². The van der Waals surface area contributed by atoms with Crippen molar-refractivity contribution in [3.8, 4) is 11.5 Å². The predicted molar refractivity (Wildman–Crippen MR) is 141 cm³/mol. The van der Waals surface area contributed by atoms with Crippen LogP contribution in [-0.2, 0) is 15.7 Å². The molecule has 2 aromatic carbocycles. The Hall–Kier alpha value is -3.83. The first-order chi connectivity index (χ1) is 18.8. The van der Waals surface area contributed by atoms with Crippen LogP contribution < -0.4 is 20.7 Å². The van der Waals surface area contributed by atoms with E-state index in [0.29, 0.717) is 48.0 Å². The van der Waals surface area contributed by atoms with E-state index in [9.17, 15) is 18.0 Å². The van der Waals surface area contributed by atoms with E-state index in [2.05, 4.69) is 25.9 Å². The number of ether oxygens (including phenoxy) is 2. The Morgan fingerprint density at radius 3 is 2.85 bits per heavy atom. The van der Waals surface area contributed by atoms with Gasteiger partial charge in [-0.15, -0.1) is 0 Å². The molecule has 0 spiro atoms. The molecular formula is C27H25ClF3N5O3. The number of amides is 1. The fraction of sp³-hybridized carbons (Fsp3) is 0.296. The van der Waals surface area contributed by atoms with Crippen molar-refractivity contribution >= 4 is 40.9 Å². The van der Waals surface area contributed by atoms with Gasteiger partial charge in [0.15, 0.2) is 0 Å². The standard InChI is InChI=1S/C27H25ClF3N5O3/c28-22-13-18(6-7-23(22)39-19-4-1-3-17(12-19)27(29,30)31)36-25-21-11-16(8-9-32-24(21)34-15-35-25)26(37)33-14-20-5-2-10-38-20/h1,3-4,6-7,11-13,15,20H,2,5,8-10,14H2,(H,33,37)(H2,32,34,35,36). The number of alkyl halides is 3. The van der Waals surface area contributed by atoms with Gasteiger partial charge in [0.25, 0.3) is 0 Å². The van der Waals surface area contributed by atoms with Gasteiger partial charge in [0.1, 0.15) is 29.5 Å². The number of aromatic nitrogens is 2. The van der Waals surface area contributed by atoms with Crippen LogP contribution in [0.25, 0.3) is 6.08 Å². The Kier molecular flexibility index (Phi) is 7.89. The maximum absolute atomic E-state index is 13.0. The molecule has 1 amide bonds. The summed E-state index contributed by atoms with van der Waals surface area (Å²) in [6.07, 6.45) is 1.14. The maximum Gasteiger partial charge on any atom is 0.416 e. The molecule has 0 radical (unpaired) electrons. The number of rotatable bonds is 7. The zero-order valence-electron chi connectivity index (χ0n) is 20.6. The Morgan fingerprint density at radius 2 is 2.08 bits per heavy atom. The molecule has 0 aliphatic carbocycles. The lowest BCUT2D eigenvalue weighted by atomic mass is 10.1. The highest BCUT2D eigenvalue weighted by atomic mass is 35.5. The van der Waals surface area contributed by atoms with Gasteiger partial charge in [-0.3, -0.25) is 4.79 Å². The molecule has 39 heavy (non-hydrogen) atoms. The van der Waals surface area contributed by atoms with E-state index in [-0.39, 0.29) is 28.5 Å². The van der Waals surface area contributed by atoms with E-state index in [1.54, 1.807) is 24.3 Å². The van der Waals surface area contributed by atoms with E-state index >= 15 is 0 Å². The molecule has 0 saturated carbocycles. The fourth-order valence-corrected chi connectivity index (χ4v) is 4.52. The first kappa shape index (κ1) is 26.8. The number of hydrogen-bond acceptors (Lipinski definition) is 7. The van der Waals surface area contributed by atoms with Crippen molar-refractivity contribution < 1.29 is 27.4 Å². The fourth-order valence-electron chi connectivity index (χ4n) is 4.30. The van der Waals surface area contributed by atoms with Crippen molar-refractivity contribution in [1.82, 2.24) is 15.3 Å². The third-order valence-corrected chi connectivity index (χ3v) is 6.57. The smallest absolute Gasteiger partial charge is 0.416 e. The Morgan fingerprint density at radius 1 is 1.21 bits per heavy atom. The number of fused-ring (bicyclic) bond motifs is 1. The van der Waals surface area contributed by atoms with Gasteiger partial charge in [0.2, 0.25) is 5.91 Å². The van der Waals surface area contributed by atoms with E-state index in [0.717, 1.165) is 31.6 Å². The summed E-state index contributed by atoms with van der Waals surface area (Å²) in [6.45, 7) is 1.70. The van der Waals surface area contributed by atoms with Gasteiger partial charge in [0.05, 0.1) is 22.3 Å². The van der Waals surface area contributed by atoms with Crippen LogP contribution in [0.4, 0.5) is 30.5 Å². The minimum Gasteiger partial charge on any atom is -0.456 e. The molecule has 3 aromatic rings. The number of halogens is 4. The Balaban J connectivity index is 1.32. The molecular weight excluding hydrogens is 535 g/mol. The molecule has 8 nitrogen and oxygen atoms in total. The highest BCUT2D eigenvalue weighted by molar-refractivity contribution is 6.32. The van der Waals surface area contributed by atoms with E-state index in [1.165, 1.54) is 18.5 Å². The molecule has 2 aliphatic rings. The summed E-state index contributed by atoms with van der Waals surface area (Å²) < 4.78 is 50.3. The molecule has 1 saturated heterocycles. The summed E-state index contributed by atoms with van der Waals surface area (Å²) in [5.74, 6) is 1.05. The van der Waals surface area contributed by atoms with Gasteiger partial charge in [-0.25, -0.2) is 9.97 Å². The lowest BCUT2D eigenvalue weighted by molar-refractivity contribution is -0.137. The van der Waals surface area contributed by atoms with Crippen molar-refractivity contribution in [1.29, 1.82) is 0 Å². The molecule has 12 heteroatoms. The lowest BCUT2D eigenvalue weighted by Crippen LogP contribution is -2.32. The highest BCUT2D eigenvalue weighted by Crippen LogP contribution is 2.36. The third-order valence-electron chi connectivity index (χ3n) is 6.28. The Labute approximate surface area is 227 Å². The second-order valence-corrected chi connectivity index (χ2v) is 9.48. The van der Waals surface area contributed by atoms with Crippen molar-refractivity contribution in [2.75, 3.05) is 30.3 Å². The first-order valence-corrected chi connectivity index (χ1v) is 12.7. The number of nitrogens with zero attached hydrogens (tertiary/aromatic N) is 2. The van der Waals surface area contributed by atoms with Crippen molar-refractivity contribution in [2.24, 2.45) is 0 Å². The van der Waals surface area contributed by atoms with Crippen LogP contribution in [-0.4, -0.2) is 41.7 Å². The number of nitrogens with one attached hydrogen (secondary N) is 3. The van der Waals surface area contributed by atoms with Crippen molar-refractivity contribution in [3.63, 3.8) is 0 Å². The van der Waals surface area contributed by atoms with Crippen molar-refractivity contribution in [3.05, 3.63) is 70.5 Å². The van der Waals surface area contributed by atoms with E-state index in [4.69, 9.17) is 21.1 Å². The van der Waals surface area contributed by atoms with Crippen LogP contribution in [0.5, 0.6) is 11.5 Å². The third kappa shape index (κ3) is 6.61. The Bertz CT molecular complexity index is 1390. The monoisotopic (exact) mass is 559 g/mol. The van der Waals surface area contributed by atoms with Crippen LogP contribution in [0.2, 0.25) is 5.02 Å². The summed E-state index contributed by atoms with van der Waals surface area (Å²) in [6, 6.07) is 9.33. The summed E-state index contributed by atoms with van der Waals surface area (Å²) >= 11 is 6.39. The van der Waals surface area contributed by atoms with Gasteiger partial charge in [-0.1, -0.05) is 17.7 Å². The predicted octanol–water partition coefficient (Wildman–Crippen LogP) is 6.18. The summed E-state index contributed by atoms with van der Waals surface area (Å²) in [7, 11) is 0. The van der Waals surface area contributed by atoms with Crippen LogP contribution >= 0.6 is 11.6 Å². The van der Waals surface area contributed by atoms with Crippen LogP contribution in [0.1, 0.15) is 30.4 Å². The average molecular weight is 560 g/mol. The zero-order valence-corrected chi connectivity index (χ0v) is 21.4. The van der Waals surface area contributed by atoms with Gasteiger partial charge in [-0.2, -0.15) is 13.2 Å². The van der Waals surface area contributed by atoms with E-state index < -0.39 is 11.7 Å². The summed E-state index contributed by atoms with van der Waals surface area (Å²) in [4.78, 5) is 21.5. The topological polar surface area (TPSA) is 97.4 Å². The number of carbonyl (C=O) groups is 1. The minimum atomic E-state index is -4.49. The largest absolute Gasteiger partial charge is 0.456 e. The van der Waals surface area contributed by atoms with Crippen molar-refractivity contribution in [2.45, 2.75) is 31.5 Å². The summed E-state index contributed by atoms with van der Waals surface area (Å²) in [5.41, 5.74) is 0.928. The molecule has 204 valence electrons. The number of benzene rings is 2. The average Bonchev–Trinajstić information content (AvgIpc) is 3.33. The first-order valence-electron chi connectivity index (χ1n) is 12.4. The SMILES string of the molecule is O=C(NCC1CCCO1)C1=Cc2c(ncnc2Nc2ccc(Oc3cccc(C(F)(F)F)c3)c(Cl)c2)NCC1. The molecule has 3 N–H and O–H groups in total.